The Labute approximate surface area is 163 Å². The number of rotatable bonds is 6. The normalized spacial score (nSPS) is 20.3. The summed E-state index contributed by atoms with van der Waals surface area (Å²) >= 11 is 1.60. The lowest BCUT2D eigenvalue weighted by Gasteiger charge is -2.28. The van der Waals surface area contributed by atoms with Crippen LogP contribution in [-0.4, -0.2) is 47.9 Å². The number of likely N-dealkylation sites (tertiary alicyclic amines) is 2. The van der Waals surface area contributed by atoms with Gasteiger partial charge in [0.15, 0.2) is 0 Å². The van der Waals surface area contributed by atoms with Crippen LogP contribution in [0.5, 0.6) is 5.75 Å². The van der Waals surface area contributed by atoms with Crippen molar-refractivity contribution in [2.24, 2.45) is 0 Å². The van der Waals surface area contributed by atoms with Gasteiger partial charge >= 0.3 is 0 Å². The Balaban J connectivity index is 1.41. The molecule has 4 nitrogen and oxygen atoms in total. The lowest BCUT2D eigenvalue weighted by Crippen LogP contribution is -2.42. The molecule has 2 fully saturated rings. The number of amides is 1. The van der Waals surface area contributed by atoms with Gasteiger partial charge in [0.1, 0.15) is 18.2 Å². The van der Waals surface area contributed by atoms with Gasteiger partial charge in [0.2, 0.25) is 0 Å². The third-order valence-corrected chi connectivity index (χ3v) is 6.19. The first kappa shape index (κ1) is 18.4. The molecule has 0 N–H and O–H groups in total. The molecule has 0 aliphatic carbocycles. The van der Waals surface area contributed by atoms with E-state index in [9.17, 15) is 9.18 Å². The van der Waals surface area contributed by atoms with Gasteiger partial charge in [-0.15, -0.1) is 0 Å². The smallest absolute Gasteiger partial charge is 0.257 e. The Bertz CT molecular complexity index is 774. The molecule has 0 unspecified atom stereocenters. The predicted octanol–water partition coefficient (Wildman–Crippen LogP) is 4.17. The van der Waals surface area contributed by atoms with Crippen molar-refractivity contribution in [3.63, 3.8) is 0 Å². The lowest BCUT2D eigenvalue weighted by atomic mass is 10.1. The van der Waals surface area contributed by atoms with Gasteiger partial charge < -0.3 is 14.5 Å². The molecule has 1 aromatic heterocycles. The van der Waals surface area contributed by atoms with Crippen LogP contribution in [0.1, 0.15) is 41.6 Å². The maximum atomic E-state index is 14.6. The lowest BCUT2D eigenvalue weighted by molar-refractivity contribution is 0.0704. The molecule has 0 saturated carbocycles. The molecular weight excluding hydrogens is 363 g/mol. The van der Waals surface area contributed by atoms with E-state index >= 15 is 0 Å². The molecule has 1 atom stereocenters. The second-order valence-electron chi connectivity index (χ2n) is 7.36. The van der Waals surface area contributed by atoms with Crippen LogP contribution in [0.2, 0.25) is 0 Å². The third-order valence-electron chi connectivity index (χ3n) is 5.46. The number of carbonyl (C=O) groups is 1. The van der Waals surface area contributed by atoms with Crippen LogP contribution in [-0.2, 0) is 6.61 Å². The molecule has 3 heterocycles. The summed E-state index contributed by atoms with van der Waals surface area (Å²) in [4.78, 5) is 17.2. The summed E-state index contributed by atoms with van der Waals surface area (Å²) in [6.45, 7) is 4.26. The highest BCUT2D eigenvalue weighted by Crippen LogP contribution is 2.25. The Morgan fingerprint density at radius 2 is 2.04 bits per heavy atom. The van der Waals surface area contributed by atoms with E-state index in [0.717, 1.165) is 38.0 Å². The van der Waals surface area contributed by atoms with Gasteiger partial charge in [-0.25, -0.2) is 4.39 Å². The number of thiophene rings is 1. The zero-order valence-corrected chi connectivity index (χ0v) is 16.2. The standard InChI is InChI=1S/C21H25FN2O2S/c22-20-12-18(26-14-16-7-11-27-15-16)5-6-19(20)21(25)24-10-3-4-17(24)13-23-8-1-2-9-23/h5-7,11-12,15,17H,1-4,8-10,13-14H2/t17-/m0/s1. The monoisotopic (exact) mass is 388 g/mol. The first-order chi connectivity index (χ1) is 13.2. The molecule has 27 heavy (non-hydrogen) atoms. The van der Waals surface area contributed by atoms with E-state index in [1.807, 2.05) is 21.7 Å². The molecule has 2 aromatic rings. The van der Waals surface area contributed by atoms with Gasteiger partial charge in [-0.3, -0.25) is 4.79 Å². The summed E-state index contributed by atoms with van der Waals surface area (Å²) in [5, 5.41) is 3.98. The summed E-state index contributed by atoms with van der Waals surface area (Å²) in [6, 6.07) is 6.75. The highest BCUT2D eigenvalue weighted by molar-refractivity contribution is 7.07. The van der Waals surface area contributed by atoms with Crippen molar-refractivity contribution >= 4 is 17.2 Å². The second kappa shape index (κ2) is 8.40. The minimum Gasteiger partial charge on any atom is -0.489 e. The van der Waals surface area contributed by atoms with Crippen molar-refractivity contribution < 1.29 is 13.9 Å². The maximum absolute atomic E-state index is 14.6. The molecule has 0 spiro atoms. The van der Waals surface area contributed by atoms with Crippen LogP contribution in [0.4, 0.5) is 4.39 Å². The summed E-state index contributed by atoms with van der Waals surface area (Å²) in [5.41, 5.74) is 1.20. The molecule has 4 rings (SSSR count). The maximum Gasteiger partial charge on any atom is 0.257 e. The minimum absolute atomic E-state index is 0.145. The molecule has 2 aliphatic heterocycles. The van der Waals surface area contributed by atoms with Gasteiger partial charge in [0, 0.05) is 25.2 Å². The average molecular weight is 389 g/mol. The largest absolute Gasteiger partial charge is 0.489 e. The van der Waals surface area contributed by atoms with Crippen molar-refractivity contribution in [2.45, 2.75) is 38.3 Å². The Hall–Kier alpha value is -1.92. The summed E-state index contributed by atoms with van der Waals surface area (Å²) < 4.78 is 20.3. The molecule has 1 amide bonds. The minimum atomic E-state index is -0.505. The SMILES string of the molecule is O=C(c1ccc(OCc2ccsc2)cc1F)N1CCC[C@H]1CN1CCCC1. The molecule has 0 radical (unpaired) electrons. The van der Waals surface area contributed by atoms with Crippen LogP contribution < -0.4 is 4.74 Å². The average Bonchev–Trinajstić information content (AvgIpc) is 3.43. The number of hydrogen-bond donors (Lipinski definition) is 0. The van der Waals surface area contributed by atoms with Crippen LogP contribution >= 0.6 is 11.3 Å². The highest BCUT2D eigenvalue weighted by Gasteiger charge is 2.32. The van der Waals surface area contributed by atoms with Gasteiger partial charge in [0.05, 0.1) is 5.56 Å². The fraction of sp³-hybridized carbons (Fsp3) is 0.476. The van der Waals surface area contributed by atoms with Crippen molar-refractivity contribution in [1.29, 1.82) is 0 Å². The Kier molecular flexibility index (Phi) is 5.74. The molecule has 6 heteroatoms. The quantitative estimate of drug-likeness (QED) is 0.745. The number of hydrogen-bond acceptors (Lipinski definition) is 4. The fourth-order valence-corrected chi connectivity index (χ4v) is 4.66. The van der Waals surface area contributed by atoms with Crippen molar-refractivity contribution in [1.82, 2.24) is 9.80 Å². The first-order valence-electron chi connectivity index (χ1n) is 9.67. The van der Waals surface area contributed by atoms with E-state index in [2.05, 4.69) is 4.90 Å². The Morgan fingerprint density at radius 1 is 1.19 bits per heavy atom. The van der Waals surface area contributed by atoms with E-state index < -0.39 is 5.82 Å². The van der Waals surface area contributed by atoms with Crippen LogP contribution in [0.15, 0.2) is 35.0 Å². The third kappa shape index (κ3) is 4.33. The highest BCUT2D eigenvalue weighted by atomic mass is 32.1. The van der Waals surface area contributed by atoms with Crippen LogP contribution in [0.25, 0.3) is 0 Å². The van der Waals surface area contributed by atoms with Crippen molar-refractivity contribution in [3.8, 4) is 5.75 Å². The molecular formula is C21H25FN2O2S. The summed E-state index contributed by atoms with van der Waals surface area (Å²) in [7, 11) is 0. The Morgan fingerprint density at radius 3 is 2.78 bits per heavy atom. The van der Waals surface area contributed by atoms with E-state index in [0.29, 0.717) is 18.9 Å². The fourth-order valence-electron chi connectivity index (χ4n) is 4.01. The second-order valence-corrected chi connectivity index (χ2v) is 8.14. The van der Waals surface area contributed by atoms with Gasteiger partial charge in [0.25, 0.3) is 5.91 Å². The van der Waals surface area contributed by atoms with Crippen LogP contribution in [0, 0.1) is 5.82 Å². The van der Waals surface area contributed by atoms with E-state index in [1.165, 1.54) is 18.9 Å². The number of benzene rings is 1. The predicted molar refractivity (Wildman–Crippen MR) is 105 cm³/mol. The zero-order valence-electron chi connectivity index (χ0n) is 15.4. The molecule has 2 aliphatic rings. The number of nitrogens with zero attached hydrogens (tertiary/aromatic N) is 2. The molecule has 144 valence electrons. The molecule has 1 aromatic carbocycles. The van der Waals surface area contributed by atoms with Crippen LogP contribution in [0.3, 0.4) is 0 Å². The zero-order chi connectivity index (χ0) is 18.6. The summed E-state index contributed by atoms with van der Waals surface area (Å²) in [6.07, 6.45) is 4.48. The molecule has 0 bridgehead atoms. The van der Waals surface area contributed by atoms with Gasteiger partial charge in [-0.1, -0.05) is 0 Å². The van der Waals surface area contributed by atoms with Gasteiger partial charge in [-0.05, 0) is 73.3 Å². The topological polar surface area (TPSA) is 32.8 Å². The van der Waals surface area contributed by atoms with Crippen molar-refractivity contribution in [2.75, 3.05) is 26.2 Å². The van der Waals surface area contributed by atoms with E-state index in [1.54, 1.807) is 23.5 Å². The van der Waals surface area contributed by atoms with Crippen molar-refractivity contribution in [3.05, 3.63) is 52.0 Å². The van der Waals surface area contributed by atoms with E-state index in [-0.39, 0.29) is 17.5 Å². The first-order valence-corrected chi connectivity index (χ1v) is 10.6. The number of ether oxygens (including phenoxy) is 1. The molecule has 2 saturated heterocycles. The number of halogens is 1. The summed E-state index contributed by atoms with van der Waals surface area (Å²) in [5.74, 6) is -0.251. The number of carbonyl (C=O) groups excluding carboxylic acids is 1. The van der Waals surface area contributed by atoms with E-state index in [4.69, 9.17) is 4.74 Å². The van der Waals surface area contributed by atoms with Gasteiger partial charge in [-0.2, -0.15) is 11.3 Å².